The summed E-state index contributed by atoms with van der Waals surface area (Å²) in [6.45, 7) is 9.00. The fraction of sp³-hybridized carbons (Fsp3) is 0.111. The Morgan fingerprint density at radius 3 is 1.46 bits per heavy atom. The van der Waals surface area contributed by atoms with Gasteiger partial charge in [-0.05, 0) is 0 Å². The summed E-state index contributed by atoms with van der Waals surface area (Å²) in [5.74, 6) is 0. The van der Waals surface area contributed by atoms with Gasteiger partial charge in [0.15, 0.2) is 0 Å². The number of carbonyl (C=O) groups excluding carboxylic acids is 2. The summed E-state index contributed by atoms with van der Waals surface area (Å²) >= 11 is 5.71. The van der Waals surface area contributed by atoms with Gasteiger partial charge < -0.3 is 0 Å². The predicted octanol–water partition coefficient (Wildman–Crippen LogP) is 1.48. The molecule has 1 rings (SSSR count). The summed E-state index contributed by atoms with van der Waals surface area (Å²) in [4.78, 5) is 15.0. The fourth-order valence-electron chi connectivity index (χ4n) is 0.533. The minimum Gasteiger partial charge on any atom is -0.281 e. The molecule has 0 amide bonds. The molecule has 0 bridgehead atoms. The van der Waals surface area contributed by atoms with Crippen molar-refractivity contribution >= 4 is 25.2 Å². The average molecular weight is 279 g/mol. The van der Waals surface area contributed by atoms with E-state index in [1.54, 1.807) is 0 Å². The van der Waals surface area contributed by atoms with E-state index >= 15 is 0 Å². The third-order valence-electron chi connectivity index (χ3n) is 0.923. The van der Waals surface area contributed by atoms with Gasteiger partial charge in [0.2, 0.25) is 0 Å². The molecule has 1 aliphatic rings. The van der Waals surface area contributed by atoms with Crippen LogP contribution >= 0.6 is 11.6 Å². The van der Waals surface area contributed by atoms with Gasteiger partial charge in [-0.25, -0.2) is 0 Å². The van der Waals surface area contributed by atoms with Gasteiger partial charge >= 0.3 is 0 Å². The van der Waals surface area contributed by atoms with E-state index in [4.69, 9.17) is 21.2 Å². The average Bonchev–Trinajstić information content (AvgIpc) is 2.40. The van der Waals surface area contributed by atoms with Crippen molar-refractivity contribution < 1.29 is 30.7 Å². The molecular weight excluding hydrogens is 271 g/mol. The predicted molar refractivity (Wildman–Crippen MR) is 48.4 cm³/mol. The van der Waals surface area contributed by atoms with Gasteiger partial charge in [0.1, 0.15) is 0 Å². The molecule has 1 aliphatic carbocycles. The van der Waals surface area contributed by atoms with Gasteiger partial charge in [0.25, 0.3) is 13.6 Å². The van der Waals surface area contributed by atoms with Crippen molar-refractivity contribution in [1.29, 1.82) is 0 Å². The van der Waals surface area contributed by atoms with Crippen LogP contribution in [0.3, 0.4) is 0 Å². The number of rotatable bonds is 0. The van der Waals surface area contributed by atoms with E-state index in [-0.39, 0.29) is 26.4 Å². The first-order valence-electron chi connectivity index (χ1n) is 2.96. The van der Waals surface area contributed by atoms with E-state index in [0.717, 1.165) is 0 Å². The second-order valence-electron chi connectivity index (χ2n) is 1.60. The zero-order chi connectivity index (χ0) is 9.82. The van der Waals surface area contributed by atoms with E-state index < -0.39 is 0 Å². The largest absolute Gasteiger partial charge is 0.281 e. The van der Waals surface area contributed by atoms with Crippen molar-refractivity contribution in [3.63, 3.8) is 0 Å². The van der Waals surface area contributed by atoms with Crippen molar-refractivity contribution in [2.75, 3.05) is 0 Å². The van der Waals surface area contributed by atoms with Crippen molar-refractivity contribution in [3.8, 4) is 0 Å². The number of hydrogen-bond donors (Lipinski definition) is 0. The molecule has 4 heteroatoms. The van der Waals surface area contributed by atoms with Crippen LogP contribution in [0.1, 0.15) is 0 Å². The first kappa shape index (κ1) is 18.3. The molecule has 0 aromatic rings. The van der Waals surface area contributed by atoms with Gasteiger partial charge in [-0.1, -0.05) is 36.5 Å². The molecule has 0 saturated heterocycles. The van der Waals surface area contributed by atoms with Crippen LogP contribution < -0.4 is 0 Å². The molecule has 13 heavy (non-hydrogen) atoms. The molecule has 0 spiro atoms. The summed E-state index contributed by atoms with van der Waals surface area (Å²) in [6, 6.07) is 0. The van der Waals surface area contributed by atoms with Crippen LogP contribution in [0.5, 0.6) is 0 Å². The molecule has 68 valence electrons. The van der Waals surface area contributed by atoms with Crippen LogP contribution in [0.25, 0.3) is 0 Å². The number of halogens is 1. The van der Waals surface area contributed by atoms with E-state index in [0.29, 0.717) is 0 Å². The monoisotopic (exact) mass is 280 g/mol. The van der Waals surface area contributed by atoms with Crippen LogP contribution in [0.2, 0.25) is 0 Å². The molecule has 0 heterocycles. The number of alkyl halides is 1. The Hall–Kier alpha value is -0.462. The Morgan fingerprint density at radius 1 is 0.846 bits per heavy atom. The van der Waals surface area contributed by atoms with E-state index in [1.165, 1.54) is 0 Å². The summed E-state index contributed by atoms with van der Waals surface area (Å²) in [7, 11) is 0. The van der Waals surface area contributed by atoms with Crippen LogP contribution in [-0.4, -0.2) is 19.0 Å². The van der Waals surface area contributed by atoms with E-state index in [2.05, 4.69) is 13.6 Å². The maximum absolute atomic E-state index is 7.50. The number of hydrogen-bond acceptors (Lipinski definition) is 2. The molecule has 0 aromatic heterocycles. The Kier molecular flexibility index (Phi) is 24.8. The maximum Gasteiger partial charge on any atom is 0.281 e. The molecule has 0 aromatic carbocycles. The van der Waals surface area contributed by atoms with Crippen molar-refractivity contribution in [2.45, 2.75) is 5.38 Å². The molecular formula is C9H7ClMoO2. The standard InChI is InChI=1S/C7H7Cl.2CO.Mo/c8-7-5-3-1-2-4-6-7;2*1-2;/h1-7H;;;. The summed E-state index contributed by atoms with van der Waals surface area (Å²) in [5, 5.41) is 0.0741. The molecule has 0 unspecified atom stereocenters. The van der Waals surface area contributed by atoms with Crippen LogP contribution in [-0.2, 0) is 30.7 Å². The van der Waals surface area contributed by atoms with Crippen LogP contribution in [0.4, 0.5) is 0 Å². The Labute approximate surface area is 97.6 Å². The molecule has 0 aliphatic heterocycles. The first-order valence-corrected chi connectivity index (χ1v) is 3.40. The first-order chi connectivity index (χ1) is 5.89. The van der Waals surface area contributed by atoms with Crippen LogP contribution in [0, 0.1) is 0 Å². The Balaban J connectivity index is -0.000000178. The molecule has 0 atom stereocenters. The van der Waals surface area contributed by atoms with Crippen LogP contribution in [0.15, 0.2) is 36.5 Å². The minimum absolute atomic E-state index is 0. The molecule has 0 N–H and O–H groups in total. The topological polar surface area (TPSA) is 34.1 Å². The minimum atomic E-state index is 0. The summed E-state index contributed by atoms with van der Waals surface area (Å²) in [5.41, 5.74) is 0. The maximum atomic E-state index is 7.50. The molecule has 4 radical (unpaired) electrons. The fourth-order valence-corrected chi connectivity index (χ4v) is 0.701. The molecule has 0 saturated carbocycles. The van der Waals surface area contributed by atoms with E-state index in [9.17, 15) is 0 Å². The van der Waals surface area contributed by atoms with Crippen molar-refractivity contribution in [3.05, 3.63) is 36.5 Å². The van der Waals surface area contributed by atoms with Gasteiger partial charge in [0.05, 0.1) is 5.38 Å². The SMILES string of the molecule is ClC1C=CC=CC=C1.[C]=O.[C]=O.[Mo]. The molecule has 0 fully saturated rings. The van der Waals surface area contributed by atoms with Crippen molar-refractivity contribution in [1.82, 2.24) is 0 Å². The zero-order valence-electron chi connectivity index (χ0n) is 6.64. The quantitative estimate of drug-likeness (QED) is 0.497. The van der Waals surface area contributed by atoms with Crippen molar-refractivity contribution in [2.24, 2.45) is 0 Å². The summed E-state index contributed by atoms with van der Waals surface area (Å²) < 4.78 is 0. The van der Waals surface area contributed by atoms with Gasteiger partial charge in [0, 0.05) is 21.1 Å². The van der Waals surface area contributed by atoms with Gasteiger partial charge in [-0.15, -0.1) is 11.6 Å². The van der Waals surface area contributed by atoms with Gasteiger partial charge in [-0.3, -0.25) is 9.59 Å². The number of allylic oxidation sites excluding steroid dienone is 6. The normalized spacial score (nSPS) is 12.4. The zero-order valence-corrected chi connectivity index (χ0v) is 9.41. The Morgan fingerprint density at radius 2 is 1.15 bits per heavy atom. The second-order valence-corrected chi connectivity index (χ2v) is 2.10. The third kappa shape index (κ3) is 14.4. The molecule has 2 nitrogen and oxygen atoms in total. The van der Waals surface area contributed by atoms with E-state index in [1.807, 2.05) is 36.5 Å². The second kappa shape index (κ2) is 17.6. The summed E-state index contributed by atoms with van der Waals surface area (Å²) in [6.07, 6.45) is 11.7. The van der Waals surface area contributed by atoms with Gasteiger partial charge in [-0.2, -0.15) is 0 Å². The Bertz CT molecular complexity index is 160. The smallest absolute Gasteiger partial charge is 0.281 e. The third-order valence-corrected chi connectivity index (χ3v) is 1.21.